The molecule has 2 aromatic carbocycles. The summed E-state index contributed by atoms with van der Waals surface area (Å²) in [6, 6.07) is 15.6. The van der Waals surface area contributed by atoms with Crippen molar-refractivity contribution in [3.8, 4) is 11.5 Å². The number of carbonyl (C=O) groups is 1. The number of ether oxygens (including phenoxy) is 1. The molecule has 2 aliphatic rings. The molecular weight excluding hydrogens is 302 g/mol. The van der Waals surface area contributed by atoms with E-state index in [1.54, 1.807) is 0 Å². The summed E-state index contributed by atoms with van der Waals surface area (Å²) in [4.78, 5) is 15.2. The van der Waals surface area contributed by atoms with Crippen LogP contribution in [0.4, 0.5) is 0 Å². The summed E-state index contributed by atoms with van der Waals surface area (Å²) in [5.74, 6) is 1.68. The molecule has 0 aliphatic carbocycles. The van der Waals surface area contributed by atoms with Gasteiger partial charge in [-0.05, 0) is 30.9 Å². The van der Waals surface area contributed by atoms with Crippen molar-refractivity contribution in [2.45, 2.75) is 18.8 Å². The number of likely N-dealkylation sites (tertiary alicyclic amines) is 1. The van der Waals surface area contributed by atoms with Gasteiger partial charge >= 0.3 is 0 Å². The molecule has 1 amide bonds. The summed E-state index contributed by atoms with van der Waals surface area (Å²) in [6.45, 7) is 1.64. The Kier molecular flexibility index (Phi) is 3.98. The van der Waals surface area contributed by atoms with Crippen LogP contribution >= 0.6 is 0 Å². The van der Waals surface area contributed by atoms with Crippen molar-refractivity contribution in [1.29, 1.82) is 0 Å². The molecule has 1 N–H and O–H groups in total. The van der Waals surface area contributed by atoms with Gasteiger partial charge in [0.2, 0.25) is 5.91 Å². The predicted octanol–water partition coefficient (Wildman–Crippen LogP) is 3.16. The van der Waals surface area contributed by atoms with E-state index in [1.165, 1.54) is 0 Å². The van der Waals surface area contributed by atoms with E-state index >= 15 is 0 Å². The smallest absolute Gasteiger partial charge is 0.234 e. The molecule has 4 rings (SSSR count). The molecule has 2 aliphatic heterocycles. The Morgan fingerprint density at radius 3 is 2.08 bits per heavy atom. The second kappa shape index (κ2) is 6.29. The number of hydrogen-bond donors (Lipinski definition) is 1. The van der Waals surface area contributed by atoms with Crippen molar-refractivity contribution >= 4 is 5.91 Å². The third kappa shape index (κ3) is 2.57. The van der Waals surface area contributed by atoms with Gasteiger partial charge in [-0.15, -0.1) is 0 Å². The van der Waals surface area contributed by atoms with Gasteiger partial charge < -0.3 is 14.7 Å². The van der Waals surface area contributed by atoms with Gasteiger partial charge in [-0.2, -0.15) is 0 Å². The van der Waals surface area contributed by atoms with Crippen LogP contribution in [0.25, 0.3) is 0 Å². The second-order valence-corrected chi connectivity index (χ2v) is 6.56. The number of fused-ring (bicyclic) bond motifs is 2. The quantitative estimate of drug-likeness (QED) is 0.923. The number of aliphatic hydroxyl groups is 1. The lowest BCUT2D eigenvalue weighted by Gasteiger charge is -2.35. The standard InChI is InChI=1S/C20H21NO3/c22-13-14-9-11-21(12-10-14)20(23)19-15-5-1-3-7-17(15)24-18-8-4-2-6-16(18)19/h1-8,14,19,22H,9-13H2. The molecule has 0 unspecified atom stereocenters. The summed E-state index contributed by atoms with van der Waals surface area (Å²) < 4.78 is 5.98. The van der Waals surface area contributed by atoms with Gasteiger partial charge in [0, 0.05) is 30.8 Å². The van der Waals surface area contributed by atoms with Crippen molar-refractivity contribution in [2.24, 2.45) is 5.92 Å². The van der Waals surface area contributed by atoms with E-state index < -0.39 is 0 Å². The summed E-state index contributed by atoms with van der Waals surface area (Å²) in [6.07, 6.45) is 1.74. The average molecular weight is 323 g/mol. The van der Waals surface area contributed by atoms with E-state index in [0.717, 1.165) is 35.5 Å². The molecule has 2 heterocycles. The Balaban J connectivity index is 1.68. The Hall–Kier alpha value is -2.33. The Morgan fingerprint density at radius 2 is 1.54 bits per heavy atom. The van der Waals surface area contributed by atoms with Gasteiger partial charge in [-0.1, -0.05) is 36.4 Å². The zero-order valence-electron chi connectivity index (χ0n) is 13.5. The molecule has 0 radical (unpaired) electrons. The van der Waals surface area contributed by atoms with E-state index in [0.29, 0.717) is 19.0 Å². The maximum atomic E-state index is 13.3. The largest absolute Gasteiger partial charge is 0.457 e. The Bertz CT molecular complexity index is 705. The zero-order valence-corrected chi connectivity index (χ0v) is 13.5. The molecule has 2 aromatic rings. The minimum Gasteiger partial charge on any atom is -0.457 e. The molecule has 24 heavy (non-hydrogen) atoms. The van der Waals surface area contributed by atoms with E-state index in [1.807, 2.05) is 53.4 Å². The van der Waals surface area contributed by atoms with Gasteiger partial charge in [-0.3, -0.25) is 4.79 Å². The molecule has 1 saturated heterocycles. The monoisotopic (exact) mass is 323 g/mol. The maximum absolute atomic E-state index is 13.3. The normalized spacial score (nSPS) is 17.8. The lowest BCUT2D eigenvalue weighted by atomic mass is 9.86. The fourth-order valence-corrected chi connectivity index (χ4v) is 3.69. The highest BCUT2D eigenvalue weighted by Crippen LogP contribution is 2.44. The number of piperidine rings is 1. The predicted molar refractivity (Wildman–Crippen MR) is 91.2 cm³/mol. The topological polar surface area (TPSA) is 49.8 Å². The van der Waals surface area contributed by atoms with Crippen molar-refractivity contribution in [3.05, 3.63) is 59.7 Å². The number of amides is 1. The number of para-hydroxylation sites is 2. The highest BCUT2D eigenvalue weighted by molar-refractivity contribution is 5.89. The van der Waals surface area contributed by atoms with E-state index in [9.17, 15) is 9.90 Å². The molecule has 1 fully saturated rings. The van der Waals surface area contributed by atoms with Gasteiger partial charge in [0.15, 0.2) is 0 Å². The molecule has 0 saturated carbocycles. The summed E-state index contributed by atoms with van der Waals surface area (Å²) in [5.41, 5.74) is 1.87. The third-order valence-corrected chi connectivity index (χ3v) is 5.11. The highest BCUT2D eigenvalue weighted by Gasteiger charge is 2.36. The van der Waals surface area contributed by atoms with Gasteiger partial charge in [-0.25, -0.2) is 0 Å². The number of hydrogen-bond acceptors (Lipinski definition) is 3. The van der Waals surface area contributed by atoms with Gasteiger partial charge in [0.05, 0.1) is 5.92 Å². The maximum Gasteiger partial charge on any atom is 0.234 e. The average Bonchev–Trinajstić information content (AvgIpc) is 2.65. The fraction of sp³-hybridized carbons (Fsp3) is 0.350. The first-order valence-electron chi connectivity index (χ1n) is 8.53. The van der Waals surface area contributed by atoms with Crippen LogP contribution in [-0.4, -0.2) is 35.6 Å². The minimum absolute atomic E-state index is 0.134. The van der Waals surface area contributed by atoms with Crippen molar-refractivity contribution in [3.63, 3.8) is 0 Å². The number of nitrogens with zero attached hydrogens (tertiary/aromatic N) is 1. The number of benzene rings is 2. The van der Waals surface area contributed by atoms with Crippen molar-refractivity contribution in [2.75, 3.05) is 19.7 Å². The van der Waals surface area contributed by atoms with Crippen LogP contribution < -0.4 is 4.74 Å². The van der Waals surface area contributed by atoms with Crippen LogP contribution in [0.5, 0.6) is 11.5 Å². The van der Waals surface area contributed by atoms with E-state index in [2.05, 4.69) is 0 Å². The third-order valence-electron chi connectivity index (χ3n) is 5.11. The van der Waals surface area contributed by atoms with Crippen LogP contribution in [-0.2, 0) is 4.79 Å². The second-order valence-electron chi connectivity index (χ2n) is 6.56. The lowest BCUT2D eigenvalue weighted by Crippen LogP contribution is -2.42. The molecule has 0 bridgehead atoms. The molecule has 0 atom stereocenters. The molecule has 4 heteroatoms. The minimum atomic E-state index is -0.308. The van der Waals surface area contributed by atoms with Gasteiger partial charge in [0.1, 0.15) is 11.5 Å². The van der Waals surface area contributed by atoms with Crippen LogP contribution in [0, 0.1) is 5.92 Å². The van der Waals surface area contributed by atoms with E-state index in [4.69, 9.17) is 4.74 Å². The molecule has 4 nitrogen and oxygen atoms in total. The summed E-state index contributed by atoms with van der Waals surface area (Å²) in [5, 5.41) is 9.30. The first kappa shape index (κ1) is 15.2. The van der Waals surface area contributed by atoms with Crippen LogP contribution in [0.3, 0.4) is 0 Å². The Morgan fingerprint density at radius 1 is 1.00 bits per heavy atom. The number of aliphatic hydroxyl groups excluding tert-OH is 1. The number of carbonyl (C=O) groups excluding carboxylic acids is 1. The van der Waals surface area contributed by atoms with E-state index in [-0.39, 0.29) is 18.4 Å². The fourth-order valence-electron chi connectivity index (χ4n) is 3.69. The first-order chi connectivity index (χ1) is 11.8. The molecular formula is C20H21NO3. The molecule has 0 aromatic heterocycles. The highest BCUT2D eigenvalue weighted by atomic mass is 16.5. The molecule has 0 spiro atoms. The Labute approximate surface area is 141 Å². The lowest BCUT2D eigenvalue weighted by molar-refractivity contribution is -0.133. The molecule has 124 valence electrons. The summed E-state index contributed by atoms with van der Waals surface area (Å²) in [7, 11) is 0. The van der Waals surface area contributed by atoms with Crippen LogP contribution in [0.15, 0.2) is 48.5 Å². The summed E-state index contributed by atoms with van der Waals surface area (Å²) >= 11 is 0. The zero-order chi connectivity index (χ0) is 16.5. The van der Waals surface area contributed by atoms with Crippen molar-refractivity contribution in [1.82, 2.24) is 4.90 Å². The van der Waals surface area contributed by atoms with Crippen LogP contribution in [0.1, 0.15) is 29.9 Å². The van der Waals surface area contributed by atoms with Gasteiger partial charge in [0.25, 0.3) is 0 Å². The van der Waals surface area contributed by atoms with Crippen molar-refractivity contribution < 1.29 is 14.6 Å². The number of rotatable bonds is 2. The van der Waals surface area contributed by atoms with Crippen LogP contribution in [0.2, 0.25) is 0 Å². The first-order valence-corrected chi connectivity index (χ1v) is 8.53. The SMILES string of the molecule is O=C(C1c2ccccc2Oc2ccccc21)N1CCC(CO)CC1.